The van der Waals surface area contributed by atoms with Crippen molar-refractivity contribution in [2.45, 2.75) is 13.5 Å². The summed E-state index contributed by atoms with van der Waals surface area (Å²) in [5.74, 6) is -0.727. The first-order chi connectivity index (χ1) is 9.15. The number of hydrogen-bond donors (Lipinski definition) is 1. The number of hydrogen-bond acceptors (Lipinski definition) is 5. The van der Waals surface area contributed by atoms with Crippen molar-refractivity contribution in [3.63, 3.8) is 0 Å². The summed E-state index contributed by atoms with van der Waals surface area (Å²) in [5.41, 5.74) is 1.11. The van der Waals surface area contributed by atoms with Crippen LogP contribution in [0.2, 0.25) is 0 Å². The Morgan fingerprint density at radius 1 is 1.32 bits per heavy atom. The molecule has 0 saturated carbocycles. The third-order valence-corrected chi connectivity index (χ3v) is 2.97. The molecule has 1 aromatic carbocycles. The number of nitrogens with one attached hydrogen (secondary N) is 1. The summed E-state index contributed by atoms with van der Waals surface area (Å²) in [6.45, 7) is 1.58. The third-order valence-electron chi connectivity index (χ3n) is 2.21. The van der Waals surface area contributed by atoms with Crippen LogP contribution in [-0.4, -0.2) is 16.9 Å². The number of rotatable bonds is 4. The molecule has 1 amide bonds. The van der Waals surface area contributed by atoms with E-state index in [1.54, 1.807) is 5.38 Å². The van der Waals surface area contributed by atoms with Gasteiger partial charge in [0.05, 0.1) is 0 Å². The van der Waals surface area contributed by atoms with E-state index >= 15 is 0 Å². The summed E-state index contributed by atoms with van der Waals surface area (Å²) < 4.78 is 5.12. The standard InChI is InChI=1S/C13H12N2O3S/c1-9(16)14-13-15-11(8-19-13)12(17)18-7-10-5-3-2-4-6-10/h2-6,8H,7H2,1H3,(H,14,15,16). The number of ether oxygens (including phenoxy) is 1. The van der Waals surface area contributed by atoms with Crippen LogP contribution < -0.4 is 5.32 Å². The topological polar surface area (TPSA) is 68.3 Å². The Morgan fingerprint density at radius 2 is 2.05 bits per heavy atom. The van der Waals surface area contributed by atoms with Crippen molar-refractivity contribution in [2.24, 2.45) is 0 Å². The number of thiazole rings is 1. The molecule has 1 aromatic heterocycles. The number of esters is 1. The zero-order chi connectivity index (χ0) is 13.7. The smallest absolute Gasteiger partial charge is 0.358 e. The van der Waals surface area contributed by atoms with Crippen molar-refractivity contribution in [2.75, 3.05) is 5.32 Å². The molecule has 0 fully saturated rings. The van der Waals surface area contributed by atoms with E-state index < -0.39 is 5.97 Å². The van der Waals surface area contributed by atoms with Crippen molar-refractivity contribution in [1.29, 1.82) is 0 Å². The van der Waals surface area contributed by atoms with Crippen molar-refractivity contribution >= 4 is 28.3 Å². The average Bonchev–Trinajstić information content (AvgIpc) is 2.85. The molecule has 0 radical (unpaired) electrons. The predicted octanol–water partition coefficient (Wildman–Crippen LogP) is 2.46. The van der Waals surface area contributed by atoms with Gasteiger partial charge < -0.3 is 10.1 Å². The Balaban J connectivity index is 1.93. The van der Waals surface area contributed by atoms with Crippen LogP contribution in [-0.2, 0) is 16.1 Å². The highest BCUT2D eigenvalue weighted by Gasteiger charge is 2.12. The molecule has 0 spiro atoms. The monoisotopic (exact) mass is 276 g/mol. The number of benzene rings is 1. The number of amides is 1. The second-order valence-corrected chi connectivity index (χ2v) is 4.64. The van der Waals surface area contributed by atoms with E-state index in [9.17, 15) is 9.59 Å². The van der Waals surface area contributed by atoms with E-state index in [1.807, 2.05) is 30.3 Å². The minimum absolute atomic E-state index is 0.199. The lowest BCUT2D eigenvalue weighted by Crippen LogP contribution is -2.08. The van der Waals surface area contributed by atoms with Gasteiger partial charge in [-0.05, 0) is 5.56 Å². The van der Waals surface area contributed by atoms with E-state index in [-0.39, 0.29) is 18.2 Å². The molecule has 0 aliphatic heterocycles. The summed E-state index contributed by atoms with van der Waals surface area (Å²) in [6.07, 6.45) is 0. The maximum Gasteiger partial charge on any atom is 0.358 e. The number of anilines is 1. The normalized spacial score (nSPS) is 9.95. The molecule has 2 rings (SSSR count). The van der Waals surface area contributed by atoms with Gasteiger partial charge in [0.25, 0.3) is 0 Å². The lowest BCUT2D eigenvalue weighted by molar-refractivity contribution is -0.114. The number of nitrogens with zero attached hydrogens (tertiary/aromatic N) is 1. The molecule has 2 aromatic rings. The first-order valence-corrected chi connectivity index (χ1v) is 6.47. The molecule has 1 heterocycles. The van der Waals surface area contributed by atoms with Gasteiger partial charge >= 0.3 is 5.97 Å². The molecule has 0 atom stereocenters. The van der Waals surface area contributed by atoms with Gasteiger partial charge in [0, 0.05) is 12.3 Å². The second-order valence-electron chi connectivity index (χ2n) is 3.78. The van der Waals surface area contributed by atoms with E-state index in [2.05, 4.69) is 10.3 Å². The molecule has 0 unspecified atom stereocenters. The summed E-state index contributed by atoms with van der Waals surface area (Å²) >= 11 is 1.18. The summed E-state index contributed by atoms with van der Waals surface area (Å²) in [6, 6.07) is 9.39. The maximum absolute atomic E-state index is 11.7. The lowest BCUT2D eigenvalue weighted by Gasteiger charge is -2.02. The Bertz CT molecular complexity index is 581. The number of carbonyl (C=O) groups is 2. The molecule has 0 aliphatic carbocycles. The molecule has 98 valence electrons. The molecular weight excluding hydrogens is 264 g/mol. The Labute approximate surface area is 114 Å². The highest BCUT2D eigenvalue weighted by atomic mass is 32.1. The van der Waals surface area contributed by atoms with Gasteiger partial charge in [-0.15, -0.1) is 11.3 Å². The first-order valence-electron chi connectivity index (χ1n) is 5.59. The first kappa shape index (κ1) is 13.2. The lowest BCUT2D eigenvalue weighted by atomic mass is 10.2. The zero-order valence-electron chi connectivity index (χ0n) is 10.3. The molecule has 0 saturated heterocycles. The van der Waals surface area contributed by atoms with Crippen LogP contribution in [0.3, 0.4) is 0 Å². The highest BCUT2D eigenvalue weighted by Crippen LogP contribution is 2.16. The van der Waals surface area contributed by atoms with Gasteiger partial charge in [-0.3, -0.25) is 4.79 Å². The van der Waals surface area contributed by atoms with Crippen LogP contribution in [0.25, 0.3) is 0 Å². The second kappa shape index (κ2) is 6.10. The van der Waals surface area contributed by atoms with Gasteiger partial charge in [-0.1, -0.05) is 30.3 Å². The van der Waals surface area contributed by atoms with Gasteiger partial charge in [0.2, 0.25) is 5.91 Å². The van der Waals surface area contributed by atoms with Gasteiger partial charge in [0.15, 0.2) is 10.8 Å². The summed E-state index contributed by atoms with van der Waals surface area (Å²) in [5, 5.41) is 4.46. The van der Waals surface area contributed by atoms with E-state index in [4.69, 9.17) is 4.74 Å². The number of carbonyl (C=O) groups excluding carboxylic acids is 2. The summed E-state index contributed by atoms with van der Waals surface area (Å²) in [4.78, 5) is 26.5. The molecule has 5 nitrogen and oxygen atoms in total. The molecule has 6 heteroatoms. The van der Waals surface area contributed by atoms with Gasteiger partial charge in [0.1, 0.15) is 6.61 Å². The molecule has 0 bridgehead atoms. The van der Waals surface area contributed by atoms with Gasteiger partial charge in [-0.2, -0.15) is 0 Å². The van der Waals surface area contributed by atoms with Crippen LogP contribution >= 0.6 is 11.3 Å². The minimum atomic E-state index is -0.503. The van der Waals surface area contributed by atoms with Crippen LogP contribution in [0, 0.1) is 0 Å². The molecular formula is C13H12N2O3S. The fourth-order valence-corrected chi connectivity index (χ4v) is 2.10. The molecule has 1 N–H and O–H groups in total. The maximum atomic E-state index is 11.7. The molecule has 19 heavy (non-hydrogen) atoms. The summed E-state index contributed by atoms with van der Waals surface area (Å²) in [7, 11) is 0. The van der Waals surface area contributed by atoms with E-state index in [0.717, 1.165) is 5.56 Å². The fraction of sp³-hybridized carbons (Fsp3) is 0.154. The van der Waals surface area contributed by atoms with Crippen LogP contribution in [0.4, 0.5) is 5.13 Å². The Kier molecular flexibility index (Phi) is 4.25. The van der Waals surface area contributed by atoms with Crippen LogP contribution in [0.5, 0.6) is 0 Å². The van der Waals surface area contributed by atoms with Gasteiger partial charge in [-0.25, -0.2) is 9.78 Å². The zero-order valence-corrected chi connectivity index (χ0v) is 11.1. The van der Waals surface area contributed by atoms with Crippen molar-refractivity contribution in [1.82, 2.24) is 4.98 Å². The SMILES string of the molecule is CC(=O)Nc1nc(C(=O)OCc2ccccc2)cs1. The number of aromatic nitrogens is 1. The van der Waals surface area contributed by atoms with Crippen LogP contribution in [0.1, 0.15) is 23.0 Å². The minimum Gasteiger partial charge on any atom is -0.456 e. The largest absolute Gasteiger partial charge is 0.456 e. The third kappa shape index (κ3) is 3.89. The average molecular weight is 276 g/mol. The van der Waals surface area contributed by atoms with Crippen molar-refractivity contribution < 1.29 is 14.3 Å². The fourth-order valence-electron chi connectivity index (χ4n) is 1.37. The van der Waals surface area contributed by atoms with Crippen molar-refractivity contribution in [3.05, 3.63) is 47.0 Å². The predicted molar refractivity (Wildman–Crippen MR) is 72.0 cm³/mol. The van der Waals surface area contributed by atoms with Crippen LogP contribution in [0.15, 0.2) is 35.7 Å². The Hall–Kier alpha value is -2.21. The molecule has 0 aliphatic rings. The van der Waals surface area contributed by atoms with Crippen molar-refractivity contribution in [3.8, 4) is 0 Å². The van der Waals surface area contributed by atoms with E-state index in [0.29, 0.717) is 5.13 Å². The quantitative estimate of drug-likeness (QED) is 0.871. The highest BCUT2D eigenvalue weighted by molar-refractivity contribution is 7.14. The Morgan fingerprint density at radius 3 is 2.74 bits per heavy atom. The van der Waals surface area contributed by atoms with E-state index in [1.165, 1.54) is 18.3 Å².